The van der Waals surface area contributed by atoms with E-state index in [4.69, 9.17) is 5.73 Å². The second kappa shape index (κ2) is 4.44. The van der Waals surface area contributed by atoms with Crippen LogP contribution in [0.1, 0.15) is 0 Å². The Bertz CT molecular complexity index is 502. The predicted molar refractivity (Wildman–Crippen MR) is 56.9 cm³/mol. The summed E-state index contributed by atoms with van der Waals surface area (Å²) in [5.74, 6) is -0.887. The molecule has 16 heavy (non-hydrogen) atoms. The number of nitrogens with two attached hydrogens (primary N) is 1. The molecule has 0 spiro atoms. The number of nitrogen functional groups attached to an aromatic ring is 1. The van der Waals surface area contributed by atoms with E-state index in [-0.39, 0.29) is 16.8 Å². The summed E-state index contributed by atoms with van der Waals surface area (Å²) < 4.78 is 25.9. The lowest BCUT2D eigenvalue weighted by molar-refractivity contribution is 0.580. The maximum absolute atomic E-state index is 13.3. The van der Waals surface area contributed by atoms with E-state index >= 15 is 0 Å². The molecule has 0 amide bonds. The lowest BCUT2D eigenvalue weighted by atomic mass is 10.4. The Hall–Kier alpha value is -1.69. The van der Waals surface area contributed by atoms with Crippen LogP contribution in [0.2, 0.25) is 0 Å². The van der Waals surface area contributed by atoms with Gasteiger partial charge in [0.25, 0.3) is 0 Å². The fourth-order valence-corrected chi connectivity index (χ4v) is 1.83. The third-order valence-electron chi connectivity index (χ3n) is 1.76. The molecule has 0 aliphatic heterocycles. The van der Waals surface area contributed by atoms with Crippen molar-refractivity contribution in [2.45, 2.75) is 9.92 Å². The first-order chi connectivity index (χ1) is 7.65. The molecule has 0 bridgehead atoms. The van der Waals surface area contributed by atoms with Crippen LogP contribution in [0.5, 0.6) is 0 Å². The number of nitrogens with zero attached hydrogens (tertiary/aromatic N) is 2. The summed E-state index contributed by atoms with van der Waals surface area (Å²) in [7, 11) is 0. The van der Waals surface area contributed by atoms with Gasteiger partial charge in [0.15, 0.2) is 5.82 Å². The molecule has 3 nitrogen and oxygen atoms in total. The summed E-state index contributed by atoms with van der Waals surface area (Å²) in [4.78, 5) is 7.94. The second-order valence-corrected chi connectivity index (χ2v) is 4.00. The highest BCUT2D eigenvalue weighted by atomic mass is 32.2. The summed E-state index contributed by atoms with van der Waals surface area (Å²) in [5.41, 5.74) is 5.34. The summed E-state index contributed by atoms with van der Waals surface area (Å²) in [6.45, 7) is 0. The summed E-state index contributed by atoms with van der Waals surface area (Å²) in [5, 5.41) is 0.124. The van der Waals surface area contributed by atoms with E-state index in [2.05, 4.69) is 9.97 Å². The molecule has 0 fully saturated rings. The van der Waals surface area contributed by atoms with Crippen LogP contribution in [0.25, 0.3) is 0 Å². The number of benzene rings is 1. The maximum Gasteiger partial charge on any atom is 0.221 e. The zero-order valence-corrected chi connectivity index (χ0v) is 8.84. The van der Waals surface area contributed by atoms with Crippen LogP contribution in [0.15, 0.2) is 40.4 Å². The zero-order valence-electron chi connectivity index (χ0n) is 8.02. The van der Waals surface area contributed by atoms with Crippen LogP contribution in [0, 0.1) is 11.6 Å². The Balaban J connectivity index is 2.26. The summed E-state index contributed by atoms with van der Waals surface area (Å²) in [6.07, 6.45) is 1.01. The van der Waals surface area contributed by atoms with Gasteiger partial charge in [-0.1, -0.05) is 11.8 Å². The van der Waals surface area contributed by atoms with Gasteiger partial charge in [-0.2, -0.15) is 0 Å². The largest absolute Gasteiger partial charge is 0.368 e. The lowest BCUT2D eigenvalue weighted by Gasteiger charge is -2.02. The van der Waals surface area contributed by atoms with Crippen molar-refractivity contribution in [1.82, 2.24) is 9.97 Å². The number of aromatic nitrogens is 2. The van der Waals surface area contributed by atoms with Gasteiger partial charge in [0.05, 0.1) is 6.20 Å². The van der Waals surface area contributed by atoms with E-state index < -0.39 is 5.82 Å². The first-order valence-corrected chi connectivity index (χ1v) is 5.18. The third-order valence-corrected chi connectivity index (χ3v) is 2.75. The minimum Gasteiger partial charge on any atom is -0.368 e. The fourth-order valence-electron chi connectivity index (χ4n) is 1.05. The highest BCUT2D eigenvalue weighted by Crippen LogP contribution is 2.28. The zero-order chi connectivity index (χ0) is 11.5. The molecule has 0 atom stereocenters. The normalized spacial score (nSPS) is 10.4. The maximum atomic E-state index is 13.3. The van der Waals surface area contributed by atoms with Gasteiger partial charge in [0, 0.05) is 4.90 Å². The van der Waals surface area contributed by atoms with Crippen molar-refractivity contribution < 1.29 is 8.78 Å². The third kappa shape index (κ3) is 2.46. The van der Waals surface area contributed by atoms with Crippen LogP contribution in [-0.4, -0.2) is 9.97 Å². The monoisotopic (exact) mass is 239 g/mol. The van der Waals surface area contributed by atoms with Crippen LogP contribution < -0.4 is 5.73 Å². The van der Waals surface area contributed by atoms with Gasteiger partial charge in [-0.25, -0.2) is 18.7 Å². The number of anilines is 1. The van der Waals surface area contributed by atoms with Gasteiger partial charge < -0.3 is 5.73 Å². The molecule has 0 aliphatic rings. The van der Waals surface area contributed by atoms with Crippen molar-refractivity contribution in [2.75, 3.05) is 5.73 Å². The van der Waals surface area contributed by atoms with E-state index in [1.807, 2.05) is 0 Å². The number of hydrogen-bond acceptors (Lipinski definition) is 4. The molecular weight excluding hydrogens is 232 g/mol. The van der Waals surface area contributed by atoms with Crippen molar-refractivity contribution in [2.24, 2.45) is 0 Å². The van der Waals surface area contributed by atoms with Crippen LogP contribution in [0.3, 0.4) is 0 Å². The quantitative estimate of drug-likeness (QED) is 0.818. The highest BCUT2D eigenvalue weighted by molar-refractivity contribution is 7.99. The van der Waals surface area contributed by atoms with Crippen molar-refractivity contribution in [3.8, 4) is 0 Å². The van der Waals surface area contributed by atoms with Crippen molar-refractivity contribution in [3.05, 3.63) is 42.1 Å². The average Bonchev–Trinajstić information content (AvgIpc) is 2.27. The molecule has 0 saturated carbocycles. The Morgan fingerprint density at radius 1 is 1.12 bits per heavy atom. The predicted octanol–water partition coefficient (Wildman–Crippen LogP) is 2.49. The van der Waals surface area contributed by atoms with Crippen molar-refractivity contribution in [3.63, 3.8) is 0 Å². The Morgan fingerprint density at radius 2 is 1.81 bits per heavy atom. The molecule has 0 aliphatic carbocycles. The first kappa shape index (κ1) is 10.8. The molecule has 2 N–H and O–H groups in total. The topological polar surface area (TPSA) is 51.8 Å². The van der Waals surface area contributed by atoms with Gasteiger partial charge >= 0.3 is 0 Å². The first-order valence-electron chi connectivity index (χ1n) is 4.36. The minimum absolute atomic E-state index is 0.00557. The Morgan fingerprint density at radius 3 is 2.50 bits per heavy atom. The molecule has 82 valence electrons. The Labute approximate surface area is 94.7 Å². The average molecular weight is 239 g/mol. The van der Waals surface area contributed by atoms with Crippen LogP contribution in [0.4, 0.5) is 14.7 Å². The van der Waals surface area contributed by atoms with E-state index in [0.29, 0.717) is 4.90 Å². The number of rotatable bonds is 2. The molecule has 1 heterocycles. The summed E-state index contributed by atoms with van der Waals surface area (Å²) in [6, 6.07) is 5.67. The van der Waals surface area contributed by atoms with Gasteiger partial charge in [0.1, 0.15) is 10.8 Å². The van der Waals surface area contributed by atoms with Crippen LogP contribution >= 0.6 is 11.8 Å². The molecule has 0 unspecified atom stereocenters. The standard InChI is InChI=1S/C10H7F2N3S/c11-6-1-3-7(4-2-6)16-9-8(12)5-14-10(13)15-9/h1-5H,(H2,13,14,15). The number of hydrogen-bond donors (Lipinski definition) is 1. The van der Waals surface area contributed by atoms with E-state index in [1.165, 1.54) is 24.3 Å². The molecule has 0 radical (unpaired) electrons. The van der Waals surface area contributed by atoms with Gasteiger partial charge in [-0.05, 0) is 24.3 Å². The van der Waals surface area contributed by atoms with Crippen molar-refractivity contribution in [1.29, 1.82) is 0 Å². The van der Waals surface area contributed by atoms with Gasteiger partial charge in [-0.15, -0.1) is 0 Å². The van der Waals surface area contributed by atoms with Gasteiger partial charge in [0.2, 0.25) is 5.95 Å². The SMILES string of the molecule is Nc1ncc(F)c(Sc2ccc(F)cc2)n1. The van der Waals surface area contributed by atoms with E-state index in [9.17, 15) is 8.78 Å². The minimum atomic E-state index is -0.552. The highest BCUT2D eigenvalue weighted by Gasteiger charge is 2.07. The molecule has 1 aromatic carbocycles. The molecule has 6 heteroatoms. The molecule has 1 aromatic heterocycles. The van der Waals surface area contributed by atoms with E-state index in [0.717, 1.165) is 18.0 Å². The lowest BCUT2D eigenvalue weighted by Crippen LogP contribution is -1.97. The summed E-state index contributed by atoms with van der Waals surface area (Å²) >= 11 is 1.06. The Kier molecular flexibility index (Phi) is 3.00. The van der Waals surface area contributed by atoms with E-state index in [1.54, 1.807) is 0 Å². The fraction of sp³-hybridized carbons (Fsp3) is 0. The van der Waals surface area contributed by atoms with Crippen LogP contribution in [-0.2, 0) is 0 Å². The van der Waals surface area contributed by atoms with Gasteiger partial charge in [-0.3, -0.25) is 0 Å². The molecular formula is C10H7F2N3S. The molecule has 2 rings (SSSR count). The second-order valence-electron chi connectivity index (χ2n) is 2.94. The molecule has 2 aromatic rings. The molecule has 0 saturated heterocycles. The smallest absolute Gasteiger partial charge is 0.221 e. The van der Waals surface area contributed by atoms with Crippen molar-refractivity contribution >= 4 is 17.7 Å². The number of halogens is 2.